The van der Waals surface area contributed by atoms with Gasteiger partial charge in [-0.3, -0.25) is 19.5 Å². The molecule has 33 heavy (non-hydrogen) atoms. The lowest BCUT2D eigenvalue weighted by Gasteiger charge is -2.10. The number of para-hydroxylation sites is 1. The van der Waals surface area contributed by atoms with Crippen molar-refractivity contribution in [1.82, 2.24) is 25.4 Å². The molecule has 10 heteroatoms. The minimum Gasteiger partial charge on any atom is -0.455 e. The van der Waals surface area contributed by atoms with Crippen LogP contribution in [0.5, 0.6) is 0 Å². The van der Waals surface area contributed by atoms with Gasteiger partial charge in [0.15, 0.2) is 17.6 Å². The van der Waals surface area contributed by atoms with Crippen molar-refractivity contribution in [2.75, 3.05) is 18.9 Å². The summed E-state index contributed by atoms with van der Waals surface area (Å²) in [5.74, 6) is -0.493. The van der Waals surface area contributed by atoms with Gasteiger partial charge in [0, 0.05) is 17.8 Å². The van der Waals surface area contributed by atoms with Crippen LogP contribution in [0.15, 0.2) is 65.8 Å². The van der Waals surface area contributed by atoms with Crippen LogP contribution in [0.4, 0.5) is 4.79 Å². The maximum absolute atomic E-state index is 12.2. The van der Waals surface area contributed by atoms with Crippen molar-refractivity contribution < 1.29 is 19.1 Å². The van der Waals surface area contributed by atoms with Crippen molar-refractivity contribution in [3.63, 3.8) is 0 Å². The van der Waals surface area contributed by atoms with Gasteiger partial charge in [0.2, 0.25) is 0 Å². The minimum absolute atomic E-state index is 0.0768. The Balaban J connectivity index is 1.60. The molecule has 0 aliphatic rings. The zero-order chi connectivity index (χ0) is 23.6. The molecule has 1 aromatic heterocycles. The molecule has 0 spiro atoms. The van der Waals surface area contributed by atoms with Gasteiger partial charge in [-0.1, -0.05) is 74.1 Å². The normalized spacial score (nSPS) is 10.6. The number of thioether (sulfide) groups is 1. The zero-order valence-electron chi connectivity index (χ0n) is 18.4. The van der Waals surface area contributed by atoms with E-state index in [-0.39, 0.29) is 11.7 Å². The summed E-state index contributed by atoms with van der Waals surface area (Å²) < 4.78 is 6.84. The van der Waals surface area contributed by atoms with Crippen LogP contribution in [0.25, 0.3) is 17.1 Å². The molecule has 3 rings (SSSR count). The van der Waals surface area contributed by atoms with Crippen molar-refractivity contribution in [2.24, 2.45) is 5.92 Å². The van der Waals surface area contributed by atoms with E-state index in [0.717, 1.165) is 23.0 Å². The van der Waals surface area contributed by atoms with Gasteiger partial charge < -0.3 is 10.1 Å². The fourth-order valence-corrected chi connectivity index (χ4v) is 3.51. The van der Waals surface area contributed by atoms with Crippen LogP contribution in [0, 0.1) is 5.92 Å². The average molecular weight is 468 g/mol. The van der Waals surface area contributed by atoms with Crippen LogP contribution in [-0.4, -0.2) is 51.6 Å². The van der Waals surface area contributed by atoms with Crippen LogP contribution in [0.2, 0.25) is 0 Å². The van der Waals surface area contributed by atoms with Crippen molar-refractivity contribution in [2.45, 2.75) is 19.0 Å². The molecule has 1 heterocycles. The molecule has 3 amide bonds. The molecular formula is C23H25N5O4S. The summed E-state index contributed by atoms with van der Waals surface area (Å²) in [6, 6.07) is 18.6. The van der Waals surface area contributed by atoms with E-state index in [1.54, 1.807) is 0 Å². The molecule has 9 nitrogen and oxygen atoms in total. The van der Waals surface area contributed by atoms with Gasteiger partial charge in [-0.2, -0.15) is 0 Å². The first-order valence-electron chi connectivity index (χ1n) is 10.4. The van der Waals surface area contributed by atoms with E-state index in [1.807, 2.05) is 79.1 Å². The number of nitrogens with one attached hydrogen (secondary N) is 2. The number of esters is 1. The number of benzene rings is 2. The van der Waals surface area contributed by atoms with E-state index in [1.165, 1.54) is 0 Å². The minimum atomic E-state index is -0.701. The summed E-state index contributed by atoms with van der Waals surface area (Å²) in [6.45, 7) is 3.75. The Morgan fingerprint density at radius 1 is 1.00 bits per heavy atom. The SMILES string of the molecule is CC(C)CNC(=O)NC(=O)COC(=O)CSc1nnc(-c2ccccc2)n1-c1ccccc1. The number of imide groups is 1. The molecule has 0 aliphatic carbocycles. The molecule has 0 bridgehead atoms. The number of ether oxygens (including phenoxy) is 1. The Morgan fingerprint density at radius 2 is 1.67 bits per heavy atom. The molecule has 0 radical (unpaired) electrons. The molecule has 0 atom stereocenters. The molecule has 2 N–H and O–H groups in total. The second-order valence-corrected chi connectivity index (χ2v) is 8.39. The first-order chi connectivity index (χ1) is 15.9. The Labute approximate surface area is 195 Å². The van der Waals surface area contributed by atoms with Crippen LogP contribution < -0.4 is 10.6 Å². The monoisotopic (exact) mass is 467 g/mol. The second kappa shape index (κ2) is 11.8. The number of carbonyl (C=O) groups is 3. The quantitative estimate of drug-likeness (QED) is 0.367. The largest absolute Gasteiger partial charge is 0.455 e. The number of amides is 3. The van der Waals surface area contributed by atoms with E-state index in [2.05, 4.69) is 20.8 Å². The zero-order valence-corrected chi connectivity index (χ0v) is 19.2. The van der Waals surface area contributed by atoms with Gasteiger partial charge in [-0.25, -0.2) is 4.79 Å². The molecular weight excluding hydrogens is 442 g/mol. The predicted octanol–water partition coefficient (Wildman–Crippen LogP) is 3.05. The lowest BCUT2D eigenvalue weighted by molar-refractivity contribution is -0.145. The highest BCUT2D eigenvalue weighted by atomic mass is 32.2. The number of hydrogen-bond donors (Lipinski definition) is 2. The number of nitrogens with zero attached hydrogens (tertiary/aromatic N) is 3. The van der Waals surface area contributed by atoms with Crippen molar-refractivity contribution in [3.05, 3.63) is 60.7 Å². The summed E-state index contributed by atoms with van der Waals surface area (Å²) >= 11 is 1.15. The fourth-order valence-electron chi connectivity index (χ4n) is 2.76. The lowest BCUT2D eigenvalue weighted by atomic mass is 10.2. The first kappa shape index (κ1) is 24.0. The summed E-state index contributed by atoms with van der Waals surface area (Å²) in [5.41, 5.74) is 1.74. The summed E-state index contributed by atoms with van der Waals surface area (Å²) in [6.07, 6.45) is 0. The molecule has 0 unspecified atom stereocenters. The van der Waals surface area contributed by atoms with Crippen LogP contribution in [-0.2, 0) is 14.3 Å². The Kier molecular flexibility index (Phi) is 8.59. The topological polar surface area (TPSA) is 115 Å². The Morgan fingerprint density at radius 3 is 2.33 bits per heavy atom. The van der Waals surface area contributed by atoms with E-state index < -0.39 is 24.5 Å². The fraction of sp³-hybridized carbons (Fsp3) is 0.261. The van der Waals surface area contributed by atoms with Crippen molar-refractivity contribution in [3.8, 4) is 17.1 Å². The van der Waals surface area contributed by atoms with Gasteiger partial charge in [-0.05, 0) is 18.1 Å². The molecule has 0 saturated carbocycles. The molecule has 172 valence electrons. The molecule has 3 aromatic rings. The number of rotatable bonds is 9. The van der Waals surface area contributed by atoms with Gasteiger partial charge in [0.1, 0.15) is 0 Å². The maximum atomic E-state index is 12.2. The predicted molar refractivity (Wildman–Crippen MR) is 125 cm³/mol. The summed E-state index contributed by atoms with van der Waals surface area (Å²) in [7, 11) is 0. The van der Waals surface area contributed by atoms with Gasteiger partial charge in [-0.15, -0.1) is 10.2 Å². The van der Waals surface area contributed by atoms with Crippen molar-refractivity contribution in [1.29, 1.82) is 0 Å². The molecule has 0 saturated heterocycles. The van der Waals surface area contributed by atoms with Gasteiger partial charge in [0.05, 0.1) is 5.75 Å². The summed E-state index contributed by atoms with van der Waals surface area (Å²) in [5, 5.41) is 13.7. The van der Waals surface area contributed by atoms with Crippen LogP contribution in [0.1, 0.15) is 13.8 Å². The van der Waals surface area contributed by atoms with E-state index in [0.29, 0.717) is 17.5 Å². The smallest absolute Gasteiger partial charge is 0.321 e. The third-order valence-electron chi connectivity index (χ3n) is 4.29. The lowest BCUT2D eigenvalue weighted by Crippen LogP contribution is -2.42. The third kappa shape index (κ3) is 7.18. The van der Waals surface area contributed by atoms with Crippen molar-refractivity contribution >= 4 is 29.7 Å². The average Bonchev–Trinajstić information content (AvgIpc) is 3.25. The molecule has 2 aromatic carbocycles. The number of urea groups is 1. The molecule has 0 fully saturated rings. The summed E-state index contributed by atoms with van der Waals surface area (Å²) in [4.78, 5) is 35.6. The standard InChI is InChI=1S/C23H25N5O4S/c1-16(2)13-24-22(31)25-19(29)14-32-20(30)15-33-23-27-26-21(17-9-5-3-6-10-17)28(23)18-11-7-4-8-12-18/h3-12,16H,13-15H2,1-2H3,(H2,24,25,29,31). The maximum Gasteiger partial charge on any atom is 0.321 e. The van der Waals surface area contributed by atoms with E-state index >= 15 is 0 Å². The Hall–Kier alpha value is -3.66. The first-order valence-corrected chi connectivity index (χ1v) is 11.3. The Bertz CT molecular complexity index is 1090. The number of aromatic nitrogens is 3. The van der Waals surface area contributed by atoms with E-state index in [9.17, 15) is 14.4 Å². The van der Waals surface area contributed by atoms with E-state index in [4.69, 9.17) is 4.74 Å². The molecule has 0 aliphatic heterocycles. The highest BCUT2D eigenvalue weighted by Gasteiger charge is 2.18. The number of carbonyl (C=O) groups excluding carboxylic acids is 3. The second-order valence-electron chi connectivity index (χ2n) is 7.44. The highest BCUT2D eigenvalue weighted by Crippen LogP contribution is 2.27. The highest BCUT2D eigenvalue weighted by molar-refractivity contribution is 7.99. The third-order valence-corrected chi connectivity index (χ3v) is 5.19. The van der Waals surface area contributed by atoms with Gasteiger partial charge in [0.25, 0.3) is 5.91 Å². The van der Waals surface area contributed by atoms with Crippen LogP contribution in [0.3, 0.4) is 0 Å². The number of hydrogen-bond acceptors (Lipinski definition) is 7. The van der Waals surface area contributed by atoms with Crippen LogP contribution >= 0.6 is 11.8 Å². The van der Waals surface area contributed by atoms with Gasteiger partial charge >= 0.3 is 12.0 Å².